The molecule has 0 bridgehead atoms. The van der Waals surface area contributed by atoms with Gasteiger partial charge in [0.25, 0.3) is 0 Å². The van der Waals surface area contributed by atoms with Crippen molar-refractivity contribution in [1.82, 2.24) is 10.6 Å². The molecule has 17 heavy (non-hydrogen) atoms. The van der Waals surface area contributed by atoms with E-state index in [-0.39, 0.29) is 31.0 Å². The lowest BCUT2D eigenvalue weighted by Crippen LogP contribution is -2.33. The lowest BCUT2D eigenvalue weighted by atomic mass is 10.1. The summed E-state index contributed by atoms with van der Waals surface area (Å²) in [4.78, 5) is 11.0. The number of hydrogen-bond donors (Lipinski definition) is 2. The first-order valence-corrected chi connectivity index (χ1v) is 5.09. The van der Waals surface area contributed by atoms with E-state index in [1.807, 2.05) is 0 Å². The maximum atomic E-state index is 13.2. The van der Waals surface area contributed by atoms with E-state index in [1.165, 1.54) is 0 Å². The van der Waals surface area contributed by atoms with Gasteiger partial charge >= 0.3 is 0 Å². The van der Waals surface area contributed by atoms with Crippen molar-refractivity contribution in [1.29, 1.82) is 0 Å². The van der Waals surface area contributed by atoms with E-state index >= 15 is 0 Å². The number of nitrogens with one attached hydrogen (secondary N) is 2. The number of likely N-dealkylation sites (N-methyl/N-ethyl adjacent to an activating group) is 1. The highest BCUT2D eigenvalue weighted by Gasteiger charge is 2.11. The van der Waals surface area contributed by atoms with Crippen LogP contribution in [0.2, 0.25) is 0 Å². The summed E-state index contributed by atoms with van der Waals surface area (Å²) in [5.74, 6) is -3.10. The summed E-state index contributed by atoms with van der Waals surface area (Å²) < 4.78 is 39.0. The Morgan fingerprint density at radius 2 is 1.82 bits per heavy atom. The highest BCUT2D eigenvalue weighted by Crippen LogP contribution is 2.14. The number of amides is 1. The van der Waals surface area contributed by atoms with E-state index in [0.717, 1.165) is 0 Å². The third-order valence-electron chi connectivity index (χ3n) is 2.14. The van der Waals surface area contributed by atoms with Crippen LogP contribution in [-0.4, -0.2) is 26.0 Å². The number of rotatable bonds is 5. The van der Waals surface area contributed by atoms with Gasteiger partial charge in [0.05, 0.1) is 6.54 Å². The maximum absolute atomic E-state index is 13.2. The molecule has 0 saturated heterocycles. The van der Waals surface area contributed by atoms with Crippen molar-refractivity contribution in [3.8, 4) is 0 Å². The first-order chi connectivity index (χ1) is 8.04. The SMILES string of the molecule is CNCC(=O)NCCc1c(F)cc(F)cc1F. The van der Waals surface area contributed by atoms with Crippen molar-refractivity contribution >= 4 is 5.91 Å². The zero-order valence-electron chi connectivity index (χ0n) is 9.32. The van der Waals surface area contributed by atoms with Crippen LogP contribution in [0.5, 0.6) is 0 Å². The molecule has 0 atom stereocenters. The second-order valence-electron chi connectivity index (χ2n) is 3.48. The Morgan fingerprint density at radius 3 is 2.35 bits per heavy atom. The second kappa shape index (κ2) is 6.24. The Bertz CT molecular complexity index is 387. The molecule has 0 aliphatic rings. The smallest absolute Gasteiger partial charge is 0.233 e. The van der Waals surface area contributed by atoms with Crippen molar-refractivity contribution in [2.24, 2.45) is 0 Å². The molecular formula is C11H13F3N2O. The minimum absolute atomic E-state index is 0.0204. The zero-order valence-corrected chi connectivity index (χ0v) is 9.32. The monoisotopic (exact) mass is 246 g/mol. The van der Waals surface area contributed by atoms with Gasteiger partial charge in [0, 0.05) is 24.2 Å². The van der Waals surface area contributed by atoms with E-state index in [9.17, 15) is 18.0 Å². The van der Waals surface area contributed by atoms with Crippen LogP contribution in [0.1, 0.15) is 5.56 Å². The van der Waals surface area contributed by atoms with Crippen LogP contribution in [-0.2, 0) is 11.2 Å². The first-order valence-electron chi connectivity index (χ1n) is 5.09. The molecule has 0 unspecified atom stereocenters. The van der Waals surface area contributed by atoms with Crippen LogP contribution in [0.25, 0.3) is 0 Å². The van der Waals surface area contributed by atoms with Gasteiger partial charge in [0.2, 0.25) is 5.91 Å². The van der Waals surface area contributed by atoms with Crippen LogP contribution in [0.15, 0.2) is 12.1 Å². The molecule has 1 aromatic carbocycles. The van der Waals surface area contributed by atoms with Gasteiger partial charge in [0.1, 0.15) is 17.5 Å². The van der Waals surface area contributed by atoms with Crippen LogP contribution in [0.4, 0.5) is 13.2 Å². The molecular weight excluding hydrogens is 233 g/mol. The molecule has 94 valence electrons. The first kappa shape index (κ1) is 13.5. The summed E-state index contributed by atoms with van der Waals surface area (Å²) in [5, 5.41) is 5.11. The van der Waals surface area contributed by atoms with E-state index < -0.39 is 17.5 Å². The maximum Gasteiger partial charge on any atom is 0.233 e. The van der Waals surface area contributed by atoms with Gasteiger partial charge in [-0.2, -0.15) is 0 Å². The predicted molar refractivity (Wildman–Crippen MR) is 57.0 cm³/mol. The highest BCUT2D eigenvalue weighted by molar-refractivity contribution is 5.77. The van der Waals surface area contributed by atoms with E-state index in [4.69, 9.17) is 0 Å². The van der Waals surface area contributed by atoms with Gasteiger partial charge in [-0.3, -0.25) is 4.79 Å². The van der Waals surface area contributed by atoms with Gasteiger partial charge in [0.15, 0.2) is 0 Å². The molecule has 0 spiro atoms. The Morgan fingerprint density at radius 1 is 1.24 bits per heavy atom. The van der Waals surface area contributed by atoms with E-state index in [2.05, 4.69) is 10.6 Å². The fourth-order valence-electron chi connectivity index (χ4n) is 1.36. The molecule has 1 rings (SSSR count). The summed E-state index contributed by atoms with van der Waals surface area (Å²) in [7, 11) is 1.61. The molecule has 1 aromatic rings. The molecule has 3 nitrogen and oxygen atoms in total. The molecule has 0 radical (unpaired) electrons. The molecule has 0 heterocycles. The standard InChI is InChI=1S/C11H13F3N2O/c1-15-6-11(17)16-3-2-8-9(13)4-7(12)5-10(8)14/h4-5,15H,2-3,6H2,1H3,(H,16,17). The largest absolute Gasteiger partial charge is 0.355 e. The van der Waals surface area contributed by atoms with Crippen molar-refractivity contribution in [3.05, 3.63) is 35.1 Å². The highest BCUT2D eigenvalue weighted by atomic mass is 19.1. The molecule has 6 heteroatoms. The van der Waals surface area contributed by atoms with E-state index in [0.29, 0.717) is 12.1 Å². The third-order valence-corrected chi connectivity index (χ3v) is 2.14. The summed E-state index contributed by atoms with van der Waals surface area (Å²) in [5.41, 5.74) is -0.226. The van der Waals surface area contributed by atoms with Gasteiger partial charge < -0.3 is 10.6 Å². The normalized spacial score (nSPS) is 10.4. The Hall–Kier alpha value is -1.56. The third kappa shape index (κ3) is 4.07. The van der Waals surface area contributed by atoms with Crippen molar-refractivity contribution in [3.63, 3.8) is 0 Å². The van der Waals surface area contributed by atoms with Crippen LogP contribution >= 0.6 is 0 Å². The van der Waals surface area contributed by atoms with Gasteiger partial charge in [-0.15, -0.1) is 0 Å². The fourth-order valence-corrected chi connectivity index (χ4v) is 1.36. The molecule has 0 saturated carbocycles. The minimum atomic E-state index is -0.956. The van der Waals surface area contributed by atoms with Gasteiger partial charge in [-0.1, -0.05) is 0 Å². The Labute approximate surface area is 97.0 Å². The molecule has 0 aliphatic carbocycles. The fraction of sp³-hybridized carbons (Fsp3) is 0.364. The number of carbonyl (C=O) groups excluding carboxylic acids is 1. The second-order valence-corrected chi connectivity index (χ2v) is 3.48. The quantitative estimate of drug-likeness (QED) is 0.813. The number of hydrogen-bond acceptors (Lipinski definition) is 2. The topological polar surface area (TPSA) is 41.1 Å². The molecule has 0 aromatic heterocycles. The lowest BCUT2D eigenvalue weighted by Gasteiger charge is -2.07. The molecule has 1 amide bonds. The lowest BCUT2D eigenvalue weighted by molar-refractivity contribution is -0.120. The average molecular weight is 246 g/mol. The minimum Gasteiger partial charge on any atom is -0.355 e. The van der Waals surface area contributed by atoms with Gasteiger partial charge in [-0.25, -0.2) is 13.2 Å². The van der Waals surface area contributed by atoms with Crippen LogP contribution in [0.3, 0.4) is 0 Å². The predicted octanol–water partition coefficient (Wildman–Crippen LogP) is 0.982. The Balaban J connectivity index is 2.55. The summed E-state index contributed by atoms with van der Waals surface area (Å²) in [6.07, 6.45) is -0.0204. The van der Waals surface area contributed by atoms with Crippen molar-refractivity contribution in [2.45, 2.75) is 6.42 Å². The molecule has 2 N–H and O–H groups in total. The van der Waals surface area contributed by atoms with E-state index in [1.54, 1.807) is 7.05 Å². The van der Waals surface area contributed by atoms with Crippen LogP contribution < -0.4 is 10.6 Å². The zero-order chi connectivity index (χ0) is 12.8. The summed E-state index contributed by atoms with van der Waals surface area (Å²) >= 11 is 0. The number of benzene rings is 1. The van der Waals surface area contributed by atoms with Gasteiger partial charge in [-0.05, 0) is 13.5 Å². The van der Waals surface area contributed by atoms with Crippen molar-refractivity contribution in [2.75, 3.05) is 20.1 Å². The molecule has 0 fully saturated rings. The summed E-state index contributed by atoms with van der Waals surface area (Å²) in [6.45, 7) is 0.231. The Kier molecular flexibility index (Phi) is 4.96. The van der Waals surface area contributed by atoms with Crippen LogP contribution in [0, 0.1) is 17.5 Å². The van der Waals surface area contributed by atoms with Crippen molar-refractivity contribution < 1.29 is 18.0 Å². The summed E-state index contributed by atoms with van der Waals surface area (Å²) in [6, 6.07) is 1.24. The average Bonchev–Trinajstić information content (AvgIpc) is 2.22. The molecule has 0 aliphatic heterocycles. The number of carbonyl (C=O) groups is 1. The number of halogens is 3.